The number of pyridine rings is 1. The normalized spacial score (nSPS) is 18.7. The van der Waals surface area contributed by atoms with Crippen molar-refractivity contribution in [1.82, 2.24) is 4.98 Å². The standard InChI is InChI=1S/C22H14Cl4FN3O2/c23-12-8-11(9-13(24)10-12)18-19(22(18,25)26)21(32)30-17-3-1-2-16(29-17)20(31)28-15-6-4-14(27)5-7-15/h1-10,18-19H,(H,28,31)(H,29,30,32). The monoisotopic (exact) mass is 511 g/mol. The molecule has 4 rings (SSSR count). The highest BCUT2D eigenvalue weighted by Crippen LogP contribution is 2.65. The Hall–Kier alpha value is -2.38. The molecule has 1 aromatic heterocycles. The van der Waals surface area contributed by atoms with Gasteiger partial charge in [0.25, 0.3) is 5.91 Å². The number of anilines is 2. The van der Waals surface area contributed by atoms with E-state index < -0.39 is 33.8 Å². The molecule has 0 spiro atoms. The molecule has 0 radical (unpaired) electrons. The summed E-state index contributed by atoms with van der Waals surface area (Å²) in [5, 5.41) is 6.06. The summed E-state index contributed by atoms with van der Waals surface area (Å²) >= 11 is 24.8. The van der Waals surface area contributed by atoms with Crippen LogP contribution in [0, 0.1) is 11.7 Å². The third kappa shape index (κ3) is 4.84. The average Bonchev–Trinajstić information content (AvgIpc) is 3.31. The fraction of sp³-hybridized carbons (Fsp3) is 0.136. The molecule has 0 aliphatic heterocycles. The van der Waals surface area contributed by atoms with E-state index in [2.05, 4.69) is 15.6 Å². The SMILES string of the molecule is O=C(Nc1ccc(F)cc1)c1cccc(NC(=O)C2C(c3cc(Cl)cc(Cl)c3)C2(Cl)Cl)n1. The topological polar surface area (TPSA) is 71.1 Å². The Morgan fingerprint density at radius 1 is 0.938 bits per heavy atom. The number of halogens is 5. The van der Waals surface area contributed by atoms with Crippen molar-refractivity contribution in [1.29, 1.82) is 0 Å². The van der Waals surface area contributed by atoms with E-state index in [0.717, 1.165) is 0 Å². The van der Waals surface area contributed by atoms with Crippen LogP contribution in [0.25, 0.3) is 0 Å². The zero-order valence-electron chi connectivity index (χ0n) is 16.1. The van der Waals surface area contributed by atoms with Crippen LogP contribution in [0.2, 0.25) is 10.0 Å². The highest BCUT2D eigenvalue weighted by molar-refractivity contribution is 6.53. The van der Waals surface area contributed by atoms with E-state index in [1.54, 1.807) is 24.3 Å². The molecule has 2 atom stereocenters. The van der Waals surface area contributed by atoms with Crippen LogP contribution < -0.4 is 10.6 Å². The van der Waals surface area contributed by atoms with Crippen LogP contribution in [0.1, 0.15) is 22.0 Å². The van der Waals surface area contributed by atoms with Gasteiger partial charge in [-0.05, 0) is 60.2 Å². The summed E-state index contributed by atoms with van der Waals surface area (Å²) < 4.78 is 11.7. The molecule has 2 N–H and O–H groups in total. The smallest absolute Gasteiger partial charge is 0.274 e. The molecule has 10 heteroatoms. The summed E-state index contributed by atoms with van der Waals surface area (Å²) in [6.45, 7) is 0. The van der Waals surface area contributed by atoms with Gasteiger partial charge in [0.05, 0.1) is 5.92 Å². The molecule has 2 amide bonds. The molecule has 3 aromatic rings. The maximum absolute atomic E-state index is 13.0. The van der Waals surface area contributed by atoms with Crippen LogP contribution in [0.3, 0.4) is 0 Å². The van der Waals surface area contributed by atoms with Crippen LogP contribution in [0.5, 0.6) is 0 Å². The van der Waals surface area contributed by atoms with Crippen LogP contribution in [0.15, 0.2) is 60.7 Å². The number of carbonyl (C=O) groups excluding carboxylic acids is 2. The lowest BCUT2D eigenvalue weighted by atomic mass is 10.1. The molecular formula is C22H14Cl4FN3O2. The minimum atomic E-state index is -1.34. The predicted octanol–water partition coefficient (Wildman–Crippen LogP) is 6.31. The molecule has 1 fully saturated rings. The molecule has 0 saturated heterocycles. The van der Waals surface area contributed by atoms with Gasteiger partial charge in [0, 0.05) is 21.7 Å². The number of hydrogen-bond donors (Lipinski definition) is 2. The molecule has 1 aliphatic rings. The van der Waals surface area contributed by atoms with Gasteiger partial charge in [-0.15, -0.1) is 23.2 Å². The van der Waals surface area contributed by atoms with Crippen molar-refractivity contribution in [2.24, 2.45) is 5.92 Å². The van der Waals surface area contributed by atoms with Gasteiger partial charge in [-0.2, -0.15) is 0 Å². The lowest BCUT2D eigenvalue weighted by Gasteiger charge is -2.08. The zero-order valence-corrected chi connectivity index (χ0v) is 19.1. The van der Waals surface area contributed by atoms with Gasteiger partial charge < -0.3 is 10.6 Å². The number of benzene rings is 2. The van der Waals surface area contributed by atoms with Crippen LogP contribution >= 0.6 is 46.4 Å². The van der Waals surface area contributed by atoms with E-state index in [0.29, 0.717) is 21.3 Å². The van der Waals surface area contributed by atoms with Crippen LogP contribution in [-0.4, -0.2) is 21.1 Å². The number of hydrogen-bond acceptors (Lipinski definition) is 3. The largest absolute Gasteiger partial charge is 0.321 e. The third-order valence-corrected chi connectivity index (χ3v) is 6.29. The van der Waals surface area contributed by atoms with Gasteiger partial charge in [-0.3, -0.25) is 9.59 Å². The van der Waals surface area contributed by atoms with Gasteiger partial charge in [-0.25, -0.2) is 9.37 Å². The second-order valence-electron chi connectivity index (χ2n) is 7.19. The quantitative estimate of drug-likeness (QED) is 0.394. The Labute approximate surface area is 202 Å². The first-order valence-electron chi connectivity index (χ1n) is 9.34. The van der Waals surface area contributed by atoms with Crippen LogP contribution in [-0.2, 0) is 4.79 Å². The third-order valence-electron chi connectivity index (χ3n) is 4.92. The van der Waals surface area contributed by atoms with E-state index in [-0.39, 0.29) is 11.5 Å². The summed E-state index contributed by atoms with van der Waals surface area (Å²) in [4.78, 5) is 29.4. The molecule has 2 unspecified atom stereocenters. The summed E-state index contributed by atoms with van der Waals surface area (Å²) in [5.41, 5.74) is 1.11. The Bertz CT molecular complexity index is 1180. The summed E-state index contributed by atoms with van der Waals surface area (Å²) in [7, 11) is 0. The number of carbonyl (C=O) groups is 2. The molecule has 1 heterocycles. The van der Waals surface area contributed by atoms with Crippen molar-refractivity contribution < 1.29 is 14.0 Å². The van der Waals surface area contributed by atoms with E-state index in [1.807, 2.05) is 0 Å². The second-order valence-corrected chi connectivity index (χ2v) is 9.51. The number of alkyl halides is 2. The second kappa shape index (κ2) is 8.87. The molecule has 164 valence electrons. The lowest BCUT2D eigenvalue weighted by molar-refractivity contribution is -0.117. The Morgan fingerprint density at radius 2 is 1.59 bits per heavy atom. The first-order chi connectivity index (χ1) is 15.1. The molecule has 2 aromatic carbocycles. The summed E-state index contributed by atoms with van der Waals surface area (Å²) in [5.74, 6) is -2.51. The predicted molar refractivity (Wildman–Crippen MR) is 124 cm³/mol. The fourth-order valence-corrected chi connectivity index (χ4v) is 4.76. The molecular weight excluding hydrogens is 499 g/mol. The minimum absolute atomic E-state index is 0.0594. The average molecular weight is 513 g/mol. The van der Waals surface area contributed by atoms with Crippen molar-refractivity contribution in [2.75, 3.05) is 10.6 Å². The van der Waals surface area contributed by atoms with Gasteiger partial charge in [-0.1, -0.05) is 29.3 Å². The Balaban J connectivity index is 1.47. The highest BCUT2D eigenvalue weighted by Gasteiger charge is 2.67. The van der Waals surface area contributed by atoms with E-state index in [4.69, 9.17) is 46.4 Å². The fourth-order valence-electron chi connectivity index (χ4n) is 3.39. The number of aromatic nitrogens is 1. The van der Waals surface area contributed by atoms with Gasteiger partial charge in [0.2, 0.25) is 5.91 Å². The van der Waals surface area contributed by atoms with Gasteiger partial charge in [0.15, 0.2) is 0 Å². The molecule has 5 nitrogen and oxygen atoms in total. The summed E-state index contributed by atoms with van der Waals surface area (Å²) in [6, 6.07) is 14.8. The molecule has 1 aliphatic carbocycles. The number of nitrogens with one attached hydrogen (secondary N) is 2. The van der Waals surface area contributed by atoms with E-state index in [9.17, 15) is 14.0 Å². The number of nitrogens with zero attached hydrogens (tertiary/aromatic N) is 1. The molecule has 0 bridgehead atoms. The molecule has 1 saturated carbocycles. The lowest BCUT2D eigenvalue weighted by Crippen LogP contribution is -2.19. The summed E-state index contributed by atoms with van der Waals surface area (Å²) in [6.07, 6.45) is 0. The van der Waals surface area contributed by atoms with Crippen molar-refractivity contribution in [2.45, 2.75) is 10.3 Å². The zero-order chi connectivity index (χ0) is 23.0. The number of amides is 2. The first kappa shape index (κ1) is 22.8. The highest BCUT2D eigenvalue weighted by atomic mass is 35.5. The molecule has 32 heavy (non-hydrogen) atoms. The Morgan fingerprint density at radius 3 is 2.25 bits per heavy atom. The van der Waals surface area contributed by atoms with Crippen molar-refractivity contribution >= 4 is 69.7 Å². The van der Waals surface area contributed by atoms with Gasteiger partial charge >= 0.3 is 0 Å². The maximum Gasteiger partial charge on any atom is 0.274 e. The van der Waals surface area contributed by atoms with Gasteiger partial charge in [0.1, 0.15) is 21.7 Å². The first-order valence-corrected chi connectivity index (χ1v) is 10.8. The van der Waals surface area contributed by atoms with Crippen molar-refractivity contribution in [3.05, 3.63) is 87.8 Å². The Kier molecular flexibility index (Phi) is 6.32. The number of rotatable bonds is 5. The van der Waals surface area contributed by atoms with E-state index in [1.165, 1.54) is 36.4 Å². The maximum atomic E-state index is 13.0. The van der Waals surface area contributed by atoms with Crippen molar-refractivity contribution in [3.63, 3.8) is 0 Å². The van der Waals surface area contributed by atoms with E-state index >= 15 is 0 Å². The minimum Gasteiger partial charge on any atom is -0.321 e. The van der Waals surface area contributed by atoms with Crippen molar-refractivity contribution in [3.8, 4) is 0 Å². The van der Waals surface area contributed by atoms with Crippen LogP contribution in [0.4, 0.5) is 15.9 Å².